The highest BCUT2D eigenvalue weighted by Crippen LogP contribution is 2.29. The van der Waals surface area contributed by atoms with E-state index in [0.29, 0.717) is 18.7 Å². The quantitative estimate of drug-likeness (QED) is 0.890. The Morgan fingerprint density at radius 1 is 1.33 bits per heavy atom. The van der Waals surface area contributed by atoms with Gasteiger partial charge >= 0.3 is 0 Å². The fraction of sp³-hybridized carbons (Fsp3) is 0.714. The number of ether oxygens (including phenoxy) is 1. The van der Waals surface area contributed by atoms with Crippen molar-refractivity contribution in [2.45, 2.75) is 50.9 Å². The van der Waals surface area contributed by atoms with E-state index in [1.54, 1.807) is 6.26 Å². The first-order valence-electron chi connectivity index (χ1n) is 6.99. The molecule has 1 aliphatic heterocycles. The molecule has 0 spiro atoms. The molecular weight excluding hydrogens is 228 g/mol. The Hall–Kier alpha value is -0.840. The summed E-state index contributed by atoms with van der Waals surface area (Å²) in [5, 5.41) is 0. The molecule has 1 aliphatic carbocycles. The Morgan fingerprint density at radius 3 is 3.11 bits per heavy atom. The molecule has 100 valence electrons. The zero-order chi connectivity index (χ0) is 12.4. The second-order valence-corrected chi connectivity index (χ2v) is 5.30. The van der Waals surface area contributed by atoms with Crippen LogP contribution in [-0.4, -0.2) is 30.2 Å². The van der Waals surface area contributed by atoms with E-state index in [9.17, 15) is 0 Å². The molecule has 2 heterocycles. The summed E-state index contributed by atoms with van der Waals surface area (Å²) in [6, 6.07) is 2.64. The highest BCUT2D eigenvalue weighted by Gasteiger charge is 2.34. The zero-order valence-corrected chi connectivity index (χ0v) is 10.8. The van der Waals surface area contributed by atoms with Crippen LogP contribution in [0.2, 0.25) is 0 Å². The number of nitrogens with zero attached hydrogens (tertiary/aromatic N) is 1. The van der Waals surface area contributed by atoms with Gasteiger partial charge in [-0.2, -0.15) is 0 Å². The van der Waals surface area contributed by atoms with E-state index in [1.807, 2.05) is 0 Å². The number of furan rings is 1. The van der Waals surface area contributed by atoms with Gasteiger partial charge in [-0.05, 0) is 18.9 Å². The topological polar surface area (TPSA) is 51.6 Å². The third-order valence-corrected chi connectivity index (χ3v) is 4.24. The van der Waals surface area contributed by atoms with Gasteiger partial charge in [0, 0.05) is 24.7 Å². The van der Waals surface area contributed by atoms with Crippen LogP contribution in [0.5, 0.6) is 0 Å². The third kappa shape index (κ3) is 2.32. The molecule has 1 saturated heterocycles. The molecular formula is C14H22N2O2. The first kappa shape index (κ1) is 12.2. The average molecular weight is 250 g/mol. The Morgan fingerprint density at radius 2 is 2.22 bits per heavy atom. The van der Waals surface area contributed by atoms with Crippen LogP contribution in [0.25, 0.3) is 0 Å². The molecule has 1 saturated carbocycles. The van der Waals surface area contributed by atoms with Gasteiger partial charge in [0.2, 0.25) is 0 Å². The lowest BCUT2D eigenvalue weighted by Gasteiger charge is -2.43. The number of nitrogens with two attached hydrogens (primary N) is 1. The molecule has 0 amide bonds. The monoisotopic (exact) mass is 250 g/mol. The third-order valence-electron chi connectivity index (χ3n) is 4.24. The van der Waals surface area contributed by atoms with Crippen LogP contribution in [0, 0.1) is 0 Å². The van der Waals surface area contributed by atoms with E-state index < -0.39 is 0 Å². The molecule has 2 aliphatic rings. The summed E-state index contributed by atoms with van der Waals surface area (Å²) in [5.41, 5.74) is 6.93. The van der Waals surface area contributed by atoms with E-state index in [2.05, 4.69) is 11.0 Å². The summed E-state index contributed by atoms with van der Waals surface area (Å²) >= 11 is 0. The van der Waals surface area contributed by atoms with Gasteiger partial charge < -0.3 is 14.9 Å². The van der Waals surface area contributed by atoms with Gasteiger partial charge in [0.15, 0.2) is 0 Å². The maximum atomic E-state index is 5.90. The lowest BCUT2D eigenvalue weighted by molar-refractivity contribution is -0.0912. The number of hydrogen-bond acceptors (Lipinski definition) is 4. The second-order valence-electron chi connectivity index (χ2n) is 5.30. The maximum absolute atomic E-state index is 5.90. The van der Waals surface area contributed by atoms with Crippen molar-refractivity contribution in [2.24, 2.45) is 5.73 Å². The fourth-order valence-electron chi connectivity index (χ4n) is 3.28. The van der Waals surface area contributed by atoms with Crippen molar-refractivity contribution >= 4 is 0 Å². The average Bonchev–Trinajstić information content (AvgIpc) is 2.86. The van der Waals surface area contributed by atoms with Crippen LogP contribution in [0.3, 0.4) is 0 Å². The van der Waals surface area contributed by atoms with Crippen LogP contribution < -0.4 is 5.73 Å². The first-order chi connectivity index (χ1) is 8.88. The lowest BCUT2D eigenvalue weighted by Crippen LogP contribution is -2.52. The molecule has 18 heavy (non-hydrogen) atoms. The molecule has 0 radical (unpaired) electrons. The molecule has 0 aromatic carbocycles. The lowest BCUT2D eigenvalue weighted by atomic mass is 9.90. The van der Waals surface area contributed by atoms with Gasteiger partial charge in [0.05, 0.1) is 25.5 Å². The fourth-order valence-corrected chi connectivity index (χ4v) is 3.28. The van der Waals surface area contributed by atoms with Crippen molar-refractivity contribution in [3.05, 3.63) is 23.7 Å². The van der Waals surface area contributed by atoms with Crippen molar-refractivity contribution in [1.29, 1.82) is 0 Å². The predicted molar refractivity (Wildman–Crippen MR) is 69.0 cm³/mol. The Balaban J connectivity index is 1.71. The Labute approximate surface area is 108 Å². The summed E-state index contributed by atoms with van der Waals surface area (Å²) in [6.45, 7) is 3.32. The zero-order valence-electron chi connectivity index (χ0n) is 10.8. The van der Waals surface area contributed by atoms with Crippen LogP contribution in [0.1, 0.15) is 37.0 Å². The van der Waals surface area contributed by atoms with Gasteiger partial charge in [-0.1, -0.05) is 12.8 Å². The standard InChI is InChI=1S/C14H22N2O2/c15-9-14-11(5-7-17-14)10-16-6-8-18-13-4-2-1-3-12(13)16/h5,7,12-13H,1-4,6,8-10,15H2. The van der Waals surface area contributed by atoms with Crippen LogP contribution in [-0.2, 0) is 17.8 Å². The van der Waals surface area contributed by atoms with Crippen LogP contribution >= 0.6 is 0 Å². The van der Waals surface area contributed by atoms with Gasteiger partial charge in [-0.15, -0.1) is 0 Å². The molecule has 0 bridgehead atoms. The molecule has 2 fully saturated rings. The number of hydrogen-bond donors (Lipinski definition) is 1. The first-order valence-corrected chi connectivity index (χ1v) is 6.99. The van der Waals surface area contributed by atoms with Gasteiger partial charge in [-0.3, -0.25) is 4.90 Å². The second kappa shape index (κ2) is 5.43. The largest absolute Gasteiger partial charge is 0.468 e. The van der Waals surface area contributed by atoms with Gasteiger partial charge in [0.25, 0.3) is 0 Å². The normalized spacial score (nSPS) is 29.2. The van der Waals surface area contributed by atoms with E-state index in [4.69, 9.17) is 14.9 Å². The smallest absolute Gasteiger partial charge is 0.121 e. The number of morpholine rings is 1. The Bertz CT molecular complexity index is 389. The Kier molecular flexibility index (Phi) is 3.68. The van der Waals surface area contributed by atoms with E-state index in [0.717, 1.165) is 25.5 Å². The number of fused-ring (bicyclic) bond motifs is 1. The molecule has 4 nitrogen and oxygen atoms in total. The molecule has 2 N–H and O–H groups in total. The highest BCUT2D eigenvalue weighted by atomic mass is 16.5. The van der Waals surface area contributed by atoms with E-state index in [-0.39, 0.29) is 0 Å². The number of rotatable bonds is 3. The van der Waals surface area contributed by atoms with E-state index in [1.165, 1.54) is 31.2 Å². The van der Waals surface area contributed by atoms with Crippen molar-refractivity contribution < 1.29 is 9.15 Å². The summed E-state index contributed by atoms with van der Waals surface area (Å²) in [6.07, 6.45) is 7.32. The van der Waals surface area contributed by atoms with E-state index >= 15 is 0 Å². The van der Waals surface area contributed by atoms with Gasteiger partial charge in [-0.25, -0.2) is 0 Å². The van der Waals surface area contributed by atoms with Crippen molar-refractivity contribution in [2.75, 3.05) is 13.2 Å². The van der Waals surface area contributed by atoms with Gasteiger partial charge in [0.1, 0.15) is 5.76 Å². The summed E-state index contributed by atoms with van der Waals surface area (Å²) in [4.78, 5) is 2.55. The minimum atomic E-state index is 0.445. The molecule has 4 heteroatoms. The van der Waals surface area contributed by atoms with Crippen molar-refractivity contribution in [1.82, 2.24) is 4.90 Å². The molecule has 1 aromatic heterocycles. The van der Waals surface area contributed by atoms with Crippen molar-refractivity contribution in [3.8, 4) is 0 Å². The van der Waals surface area contributed by atoms with Crippen molar-refractivity contribution in [3.63, 3.8) is 0 Å². The summed E-state index contributed by atoms with van der Waals surface area (Å²) in [7, 11) is 0. The molecule has 1 aromatic rings. The minimum absolute atomic E-state index is 0.445. The SMILES string of the molecule is NCc1occc1CN1CCOC2CCCCC21. The molecule has 2 atom stereocenters. The predicted octanol–water partition coefficient (Wildman–Crippen LogP) is 1.88. The molecule has 2 unspecified atom stereocenters. The maximum Gasteiger partial charge on any atom is 0.121 e. The minimum Gasteiger partial charge on any atom is -0.468 e. The summed E-state index contributed by atoms with van der Waals surface area (Å²) in [5.74, 6) is 0.925. The molecule has 3 rings (SSSR count). The van der Waals surface area contributed by atoms with Crippen LogP contribution in [0.4, 0.5) is 0 Å². The highest BCUT2D eigenvalue weighted by molar-refractivity contribution is 5.17. The van der Waals surface area contributed by atoms with Crippen LogP contribution in [0.15, 0.2) is 16.7 Å². The summed E-state index contributed by atoms with van der Waals surface area (Å²) < 4.78 is 11.3.